The standard InChI is InChI=1S/C13H12BrIN2O/c14-11-8-17(16-13(11)15)7-9-5-6-18-12-4-2-1-3-10(9)12/h1-4,8-9H,5-7H2. The van der Waals surface area contributed by atoms with Crippen molar-refractivity contribution in [1.29, 1.82) is 0 Å². The first-order valence-electron chi connectivity index (χ1n) is 5.84. The lowest BCUT2D eigenvalue weighted by atomic mass is 9.93. The van der Waals surface area contributed by atoms with E-state index in [1.54, 1.807) is 0 Å². The number of hydrogen-bond donors (Lipinski definition) is 0. The first kappa shape index (κ1) is 12.5. The number of ether oxygens (including phenoxy) is 1. The molecule has 0 saturated carbocycles. The van der Waals surface area contributed by atoms with Crippen molar-refractivity contribution < 1.29 is 4.74 Å². The van der Waals surface area contributed by atoms with Gasteiger partial charge >= 0.3 is 0 Å². The molecule has 0 bridgehead atoms. The van der Waals surface area contributed by atoms with Crippen LogP contribution in [0.1, 0.15) is 17.9 Å². The van der Waals surface area contributed by atoms with Crippen molar-refractivity contribution in [2.75, 3.05) is 6.61 Å². The third-order valence-electron chi connectivity index (χ3n) is 3.17. The lowest BCUT2D eigenvalue weighted by Crippen LogP contribution is -2.18. The molecule has 0 N–H and O–H groups in total. The molecule has 0 spiro atoms. The Bertz CT molecular complexity index is 550. The molecule has 0 saturated heterocycles. The quantitative estimate of drug-likeness (QED) is 0.693. The van der Waals surface area contributed by atoms with Gasteiger partial charge in [-0.15, -0.1) is 0 Å². The summed E-state index contributed by atoms with van der Waals surface area (Å²) in [7, 11) is 0. The van der Waals surface area contributed by atoms with Crippen LogP contribution in [0.5, 0.6) is 5.75 Å². The predicted octanol–water partition coefficient (Wildman–Crippen LogP) is 3.82. The van der Waals surface area contributed by atoms with Crippen molar-refractivity contribution in [2.24, 2.45) is 0 Å². The van der Waals surface area contributed by atoms with Gasteiger partial charge in [-0.25, -0.2) is 0 Å². The summed E-state index contributed by atoms with van der Waals surface area (Å²) in [6.07, 6.45) is 3.09. The van der Waals surface area contributed by atoms with Gasteiger partial charge in [-0.2, -0.15) is 5.10 Å². The summed E-state index contributed by atoms with van der Waals surface area (Å²) >= 11 is 5.73. The molecular weight excluding hydrogens is 407 g/mol. The molecular formula is C13H12BrIN2O. The van der Waals surface area contributed by atoms with Gasteiger partial charge in [-0.1, -0.05) is 18.2 Å². The summed E-state index contributed by atoms with van der Waals surface area (Å²) in [4.78, 5) is 0. The number of rotatable bonds is 2. The Morgan fingerprint density at radius 2 is 2.28 bits per heavy atom. The highest BCUT2D eigenvalue weighted by atomic mass is 127. The molecule has 0 aliphatic carbocycles. The monoisotopic (exact) mass is 418 g/mol. The first-order chi connectivity index (χ1) is 8.74. The molecule has 3 nitrogen and oxygen atoms in total. The van der Waals surface area contributed by atoms with Gasteiger partial charge in [-0.3, -0.25) is 4.68 Å². The van der Waals surface area contributed by atoms with E-state index in [9.17, 15) is 0 Å². The minimum absolute atomic E-state index is 0.484. The molecule has 2 heterocycles. The van der Waals surface area contributed by atoms with Gasteiger partial charge in [-0.05, 0) is 56.6 Å². The topological polar surface area (TPSA) is 27.1 Å². The Balaban J connectivity index is 1.86. The lowest BCUT2D eigenvalue weighted by Gasteiger charge is -2.25. The van der Waals surface area contributed by atoms with Gasteiger partial charge in [0.25, 0.3) is 0 Å². The molecule has 94 valence electrons. The Hall–Kier alpha value is -0.560. The lowest BCUT2D eigenvalue weighted by molar-refractivity contribution is 0.256. The zero-order valence-corrected chi connectivity index (χ0v) is 13.4. The summed E-state index contributed by atoms with van der Waals surface area (Å²) in [6, 6.07) is 8.30. The summed E-state index contributed by atoms with van der Waals surface area (Å²) in [5.74, 6) is 1.51. The van der Waals surface area contributed by atoms with Crippen LogP contribution in [-0.2, 0) is 6.54 Å². The van der Waals surface area contributed by atoms with E-state index in [1.807, 2.05) is 23.0 Å². The smallest absolute Gasteiger partial charge is 0.137 e. The van der Waals surface area contributed by atoms with Gasteiger partial charge in [0.15, 0.2) is 0 Å². The second kappa shape index (κ2) is 5.21. The molecule has 0 amide bonds. The van der Waals surface area contributed by atoms with Crippen LogP contribution in [0.3, 0.4) is 0 Å². The fourth-order valence-corrected chi connectivity index (χ4v) is 3.03. The highest BCUT2D eigenvalue weighted by molar-refractivity contribution is 14.1. The van der Waals surface area contributed by atoms with Crippen LogP contribution in [0.2, 0.25) is 0 Å². The van der Waals surface area contributed by atoms with Gasteiger partial charge < -0.3 is 4.74 Å². The average molecular weight is 419 g/mol. The highest BCUT2D eigenvalue weighted by Gasteiger charge is 2.21. The van der Waals surface area contributed by atoms with Crippen LogP contribution in [0.15, 0.2) is 34.9 Å². The molecule has 2 aromatic rings. The summed E-state index contributed by atoms with van der Waals surface area (Å²) in [6.45, 7) is 1.70. The van der Waals surface area contributed by atoms with Gasteiger partial charge in [0.2, 0.25) is 0 Å². The van der Waals surface area contributed by atoms with E-state index in [0.717, 1.165) is 33.5 Å². The SMILES string of the molecule is Brc1cn(CC2CCOc3ccccc32)nc1I. The Kier molecular flexibility index (Phi) is 3.61. The van der Waals surface area contributed by atoms with E-state index < -0.39 is 0 Å². The van der Waals surface area contributed by atoms with Crippen LogP contribution in [0, 0.1) is 3.70 Å². The molecule has 18 heavy (non-hydrogen) atoms. The van der Waals surface area contributed by atoms with E-state index in [2.05, 4.69) is 55.8 Å². The number of fused-ring (bicyclic) bond motifs is 1. The van der Waals surface area contributed by atoms with Gasteiger partial charge in [0.05, 0.1) is 11.1 Å². The number of hydrogen-bond acceptors (Lipinski definition) is 2. The maximum Gasteiger partial charge on any atom is 0.137 e. The zero-order chi connectivity index (χ0) is 12.5. The maximum atomic E-state index is 5.68. The van der Waals surface area contributed by atoms with E-state index in [4.69, 9.17) is 4.74 Å². The summed E-state index contributed by atoms with van der Waals surface area (Å²) in [5, 5.41) is 4.49. The maximum absolute atomic E-state index is 5.68. The van der Waals surface area contributed by atoms with Crippen LogP contribution in [-0.4, -0.2) is 16.4 Å². The first-order valence-corrected chi connectivity index (χ1v) is 7.71. The number of halogens is 2. The molecule has 0 radical (unpaired) electrons. The van der Waals surface area contributed by atoms with Gasteiger partial charge in [0, 0.05) is 18.7 Å². The zero-order valence-electron chi connectivity index (χ0n) is 9.64. The van der Waals surface area contributed by atoms with Crippen LogP contribution < -0.4 is 4.74 Å². The largest absolute Gasteiger partial charge is 0.493 e. The second-order valence-corrected chi connectivity index (χ2v) is 6.24. The van der Waals surface area contributed by atoms with Crippen molar-refractivity contribution in [3.63, 3.8) is 0 Å². The molecule has 1 aliphatic heterocycles. The molecule has 3 rings (SSSR count). The number of benzene rings is 1. The molecule has 1 aromatic carbocycles. The van der Waals surface area contributed by atoms with Crippen LogP contribution in [0.25, 0.3) is 0 Å². The average Bonchev–Trinajstić information content (AvgIpc) is 2.69. The van der Waals surface area contributed by atoms with Crippen molar-refractivity contribution >= 4 is 38.5 Å². The van der Waals surface area contributed by atoms with E-state index in [0.29, 0.717) is 5.92 Å². The van der Waals surface area contributed by atoms with E-state index in [1.165, 1.54) is 5.56 Å². The minimum atomic E-state index is 0.484. The molecule has 0 fully saturated rings. The number of para-hydroxylation sites is 1. The minimum Gasteiger partial charge on any atom is -0.493 e. The fourth-order valence-electron chi connectivity index (χ4n) is 2.30. The Labute approximate surface area is 128 Å². The molecule has 1 aliphatic rings. The molecule has 1 aromatic heterocycles. The highest BCUT2D eigenvalue weighted by Crippen LogP contribution is 2.34. The van der Waals surface area contributed by atoms with Crippen molar-refractivity contribution in [3.8, 4) is 5.75 Å². The summed E-state index contributed by atoms with van der Waals surface area (Å²) < 4.78 is 9.76. The Morgan fingerprint density at radius 3 is 3.06 bits per heavy atom. The van der Waals surface area contributed by atoms with Crippen LogP contribution in [0.4, 0.5) is 0 Å². The third-order valence-corrected chi connectivity index (χ3v) is 5.28. The summed E-state index contributed by atoms with van der Waals surface area (Å²) in [5.41, 5.74) is 1.30. The van der Waals surface area contributed by atoms with Crippen LogP contribution >= 0.6 is 38.5 Å². The van der Waals surface area contributed by atoms with Crippen molar-refractivity contribution in [1.82, 2.24) is 9.78 Å². The molecule has 1 unspecified atom stereocenters. The van der Waals surface area contributed by atoms with Crippen molar-refractivity contribution in [2.45, 2.75) is 18.9 Å². The van der Waals surface area contributed by atoms with Gasteiger partial charge in [0.1, 0.15) is 9.45 Å². The molecule has 5 heteroatoms. The molecule has 1 atom stereocenters. The predicted molar refractivity (Wildman–Crippen MR) is 81.9 cm³/mol. The van der Waals surface area contributed by atoms with E-state index in [-0.39, 0.29) is 0 Å². The number of nitrogens with zero attached hydrogens (tertiary/aromatic N) is 2. The second-order valence-electron chi connectivity index (χ2n) is 4.36. The van der Waals surface area contributed by atoms with Crippen molar-refractivity contribution in [3.05, 3.63) is 44.2 Å². The Morgan fingerprint density at radius 1 is 1.44 bits per heavy atom. The normalized spacial score (nSPS) is 18.2. The number of aromatic nitrogens is 2. The fraction of sp³-hybridized carbons (Fsp3) is 0.308. The third kappa shape index (κ3) is 2.42. The van der Waals surface area contributed by atoms with E-state index >= 15 is 0 Å².